The molecule has 1 aliphatic heterocycles. The molecule has 2 heterocycles. The number of rotatable bonds is 3. The van der Waals surface area contributed by atoms with Gasteiger partial charge in [-0.05, 0) is 60.8 Å². The molecule has 1 aliphatic rings. The van der Waals surface area contributed by atoms with Crippen molar-refractivity contribution in [2.24, 2.45) is 0 Å². The van der Waals surface area contributed by atoms with Crippen LogP contribution < -0.4 is 4.74 Å². The van der Waals surface area contributed by atoms with E-state index < -0.39 is 0 Å². The van der Waals surface area contributed by atoms with Crippen molar-refractivity contribution in [1.29, 1.82) is 0 Å². The van der Waals surface area contributed by atoms with E-state index >= 15 is 0 Å². The first-order valence-corrected chi connectivity index (χ1v) is 8.85. The second kappa shape index (κ2) is 7.30. The molecule has 0 bridgehead atoms. The largest absolute Gasteiger partial charge is 0.458 e. The summed E-state index contributed by atoms with van der Waals surface area (Å²) in [5.74, 6) is 0.0251. The lowest BCUT2D eigenvalue weighted by Crippen LogP contribution is -2.44. The number of likely N-dealkylation sites (tertiary alicyclic amines) is 1. The summed E-state index contributed by atoms with van der Waals surface area (Å²) < 4.78 is 6.75. The van der Waals surface area contributed by atoms with Crippen LogP contribution in [-0.4, -0.2) is 40.0 Å². The third kappa shape index (κ3) is 3.93. The maximum atomic E-state index is 12.7. The monoisotopic (exact) mass is 389 g/mol. The van der Waals surface area contributed by atoms with Crippen molar-refractivity contribution < 1.29 is 9.53 Å². The molecule has 1 aromatic carbocycles. The quantitative estimate of drug-likeness (QED) is 0.805. The fraction of sp³-hybridized carbons (Fsp3) is 0.389. The summed E-state index contributed by atoms with van der Waals surface area (Å²) in [6.07, 6.45) is 1.73. The first-order valence-electron chi connectivity index (χ1n) is 8.05. The number of ether oxygens (including phenoxy) is 1. The maximum absolute atomic E-state index is 12.7. The number of amides is 1. The molecule has 1 amide bonds. The van der Waals surface area contributed by atoms with Crippen molar-refractivity contribution >= 4 is 21.8 Å². The molecule has 3 rings (SSSR count). The van der Waals surface area contributed by atoms with Crippen molar-refractivity contribution in [1.82, 2.24) is 14.9 Å². The molecule has 126 valence electrons. The number of aromatic nitrogens is 2. The Labute approximate surface area is 150 Å². The molecular weight excluding hydrogens is 370 g/mol. The highest BCUT2D eigenvalue weighted by atomic mass is 79.9. The predicted molar refractivity (Wildman–Crippen MR) is 95.2 cm³/mol. The third-order valence-corrected chi connectivity index (χ3v) is 4.69. The summed E-state index contributed by atoms with van der Waals surface area (Å²) in [6.45, 7) is 5.14. The van der Waals surface area contributed by atoms with E-state index in [0.29, 0.717) is 18.1 Å². The van der Waals surface area contributed by atoms with Crippen LogP contribution in [0.5, 0.6) is 6.01 Å². The Hall–Kier alpha value is -1.95. The fourth-order valence-corrected chi connectivity index (χ4v) is 3.37. The molecule has 0 N–H and O–H groups in total. The fourth-order valence-electron chi connectivity index (χ4n) is 2.92. The minimum atomic E-state index is -0.0774. The Balaban J connectivity index is 1.70. The van der Waals surface area contributed by atoms with Crippen LogP contribution in [0, 0.1) is 13.8 Å². The SMILES string of the molecule is Cc1cc(C)nc(O[C@@H]2CCCN(C(=O)c3ccccc3Br)C2)n1. The minimum absolute atomic E-state index is 0.0251. The number of aryl methyl sites for hydroxylation is 2. The third-order valence-electron chi connectivity index (χ3n) is 4.00. The standard InChI is InChI=1S/C18H20BrN3O2/c1-12-10-13(2)21-18(20-12)24-14-6-5-9-22(11-14)17(23)15-7-3-4-8-16(15)19/h3-4,7-8,10,14H,5-6,9,11H2,1-2H3/t14-/m1/s1. The Bertz CT molecular complexity index is 731. The van der Waals surface area contributed by atoms with Crippen molar-refractivity contribution in [3.8, 4) is 6.01 Å². The number of hydrogen-bond acceptors (Lipinski definition) is 4. The van der Waals surface area contributed by atoms with E-state index in [1.807, 2.05) is 49.1 Å². The second-order valence-corrected chi connectivity index (χ2v) is 6.90. The van der Waals surface area contributed by atoms with Gasteiger partial charge < -0.3 is 9.64 Å². The van der Waals surface area contributed by atoms with Gasteiger partial charge in [-0.2, -0.15) is 0 Å². The van der Waals surface area contributed by atoms with Gasteiger partial charge in [-0.3, -0.25) is 4.79 Å². The molecule has 24 heavy (non-hydrogen) atoms. The lowest BCUT2D eigenvalue weighted by Gasteiger charge is -2.32. The number of hydrogen-bond donors (Lipinski definition) is 0. The normalized spacial score (nSPS) is 17.6. The van der Waals surface area contributed by atoms with Crippen molar-refractivity contribution in [3.05, 3.63) is 51.8 Å². The topological polar surface area (TPSA) is 55.3 Å². The molecule has 1 atom stereocenters. The molecule has 1 fully saturated rings. The van der Waals surface area contributed by atoms with Crippen LogP contribution in [0.3, 0.4) is 0 Å². The van der Waals surface area contributed by atoms with Crippen LogP contribution in [0.25, 0.3) is 0 Å². The first-order chi connectivity index (χ1) is 11.5. The minimum Gasteiger partial charge on any atom is -0.458 e. The summed E-state index contributed by atoms with van der Waals surface area (Å²) >= 11 is 3.45. The predicted octanol–water partition coefficient (Wildman–Crippen LogP) is 3.54. The van der Waals surface area contributed by atoms with E-state index in [1.165, 1.54) is 0 Å². The molecule has 0 unspecified atom stereocenters. The van der Waals surface area contributed by atoms with Gasteiger partial charge in [-0.15, -0.1) is 0 Å². The number of carbonyl (C=O) groups is 1. The van der Waals surface area contributed by atoms with Gasteiger partial charge in [0.1, 0.15) is 6.10 Å². The molecule has 0 radical (unpaired) electrons. The van der Waals surface area contributed by atoms with Gasteiger partial charge in [0.05, 0.1) is 12.1 Å². The van der Waals surface area contributed by atoms with Crippen LogP contribution in [0.2, 0.25) is 0 Å². The van der Waals surface area contributed by atoms with Crippen LogP contribution in [0.1, 0.15) is 34.6 Å². The zero-order chi connectivity index (χ0) is 17.1. The average Bonchev–Trinajstić information content (AvgIpc) is 2.54. The lowest BCUT2D eigenvalue weighted by molar-refractivity contribution is 0.0514. The second-order valence-electron chi connectivity index (χ2n) is 6.05. The Morgan fingerprint density at radius 2 is 1.96 bits per heavy atom. The number of piperidine rings is 1. The summed E-state index contributed by atoms with van der Waals surface area (Å²) in [6, 6.07) is 9.81. The molecule has 5 nitrogen and oxygen atoms in total. The van der Waals surface area contributed by atoms with E-state index in [0.717, 1.165) is 35.2 Å². The van der Waals surface area contributed by atoms with Gasteiger partial charge in [-0.25, -0.2) is 9.97 Å². The van der Waals surface area contributed by atoms with Crippen LogP contribution in [0.4, 0.5) is 0 Å². The highest BCUT2D eigenvalue weighted by Gasteiger charge is 2.27. The Morgan fingerprint density at radius 3 is 2.67 bits per heavy atom. The molecule has 0 aliphatic carbocycles. The Morgan fingerprint density at radius 1 is 1.25 bits per heavy atom. The van der Waals surface area contributed by atoms with Gasteiger partial charge >= 0.3 is 6.01 Å². The first kappa shape index (κ1) is 16.9. The van der Waals surface area contributed by atoms with Gasteiger partial charge in [-0.1, -0.05) is 12.1 Å². The van der Waals surface area contributed by atoms with Crippen molar-refractivity contribution in [3.63, 3.8) is 0 Å². The summed E-state index contributed by atoms with van der Waals surface area (Å²) in [7, 11) is 0. The molecule has 0 spiro atoms. The van der Waals surface area contributed by atoms with E-state index in [2.05, 4.69) is 25.9 Å². The van der Waals surface area contributed by atoms with E-state index in [1.54, 1.807) is 0 Å². The van der Waals surface area contributed by atoms with E-state index in [-0.39, 0.29) is 12.0 Å². The van der Waals surface area contributed by atoms with Crippen LogP contribution in [0.15, 0.2) is 34.8 Å². The lowest BCUT2D eigenvalue weighted by atomic mass is 10.1. The highest BCUT2D eigenvalue weighted by molar-refractivity contribution is 9.10. The van der Waals surface area contributed by atoms with Gasteiger partial charge in [0, 0.05) is 22.4 Å². The molecule has 1 saturated heterocycles. The van der Waals surface area contributed by atoms with Gasteiger partial charge in [0.25, 0.3) is 5.91 Å². The number of benzene rings is 1. The van der Waals surface area contributed by atoms with Crippen LogP contribution in [-0.2, 0) is 0 Å². The molecule has 0 saturated carbocycles. The molecule has 1 aromatic heterocycles. The summed E-state index contributed by atoms with van der Waals surface area (Å²) in [4.78, 5) is 23.2. The number of nitrogens with zero attached hydrogens (tertiary/aromatic N) is 3. The maximum Gasteiger partial charge on any atom is 0.317 e. The molecule has 6 heteroatoms. The molecule has 2 aromatic rings. The van der Waals surface area contributed by atoms with Crippen molar-refractivity contribution in [2.75, 3.05) is 13.1 Å². The summed E-state index contributed by atoms with van der Waals surface area (Å²) in [5, 5.41) is 0. The zero-order valence-electron chi connectivity index (χ0n) is 13.8. The smallest absolute Gasteiger partial charge is 0.317 e. The van der Waals surface area contributed by atoms with Gasteiger partial charge in [0.2, 0.25) is 0 Å². The van der Waals surface area contributed by atoms with Crippen molar-refractivity contribution in [2.45, 2.75) is 32.8 Å². The summed E-state index contributed by atoms with van der Waals surface area (Å²) in [5.41, 5.74) is 2.45. The van der Waals surface area contributed by atoms with Gasteiger partial charge in [0.15, 0.2) is 0 Å². The Kier molecular flexibility index (Phi) is 5.14. The van der Waals surface area contributed by atoms with E-state index in [9.17, 15) is 4.79 Å². The number of carbonyl (C=O) groups excluding carboxylic acids is 1. The average molecular weight is 390 g/mol. The highest BCUT2D eigenvalue weighted by Crippen LogP contribution is 2.22. The molecular formula is C18H20BrN3O2. The van der Waals surface area contributed by atoms with E-state index in [4.69, 9.17) is 4.74 Å². The zero-order valence-corrected chi connectivity index (χ0v) is 15.4. The number of halogens is 1. The van der Waals surface area contributed by atoms with Crippen LogP contribution >= 0.6 is 15.9 Å².